The van der Waals surface area contributed by atoms with Crippen LogP contribution in [0.3, 0.4) is 0 Å². The number of hydrogen-bond donors (Lipinski definition) is 2. The van der Waals surface area contributed by atoms with Gasteiger partial charge in [0.15, 0.2) is 0 Å². The van der Waals surface area contributed by atoms with Gasteiger partial charge in [-0.05, 0) is 24.6 Å². The quantitative estimate of drug-likeness (QED) is 0.840. The van der Waals surface area contributed by atoms with E-state index >= 15 is 0 Å². The number of benzene rings is 1. The van der Waals surface area contributed by atoms with Gasteiger partial charge in [0, 0.05) is 11.0 Å². The molecule has 1 unspecified atom stereocenters. The molecule has 0 aliphatic rings. The fourth-order valence-electron chi connectivity index (χ4n) is 1.36. The first-order valence-electron chi connectivity index (χ1n) is 5.39. The van der Waals surface area contributed by atoms with Crippen LogP contribution in [0.1, 0.15) is 19.8 Å². The van der Waals surface area contributed by atoms with Gasteiger partial charge >= 0.3 is 0 Å². The minimum atomic E-state index is -3.54. The Labute approximate surface area is 110 Å². The van der Waals surface area contributed by atoms with E-state index in [-0.39, 0.29) is 11.4 Å². The lowest BCUT2D eigenvalue weighted by Gasteiger charge is -2.11. The van der Waals surface area contributed by atoms with E-state index in [4.69, 9.17) is 0 Å². The van der Waals surface area contributed by atoms with Crippen LogP contribution in [0.25, 0.3) is 0 Å². The Morgan fingerprint density at radius 3 is 2.76 bits per heavy atom. The first kappa shape index (κ1) is 14.6. The van der Waals surface area contributed by atoms with E-state index in [0.29, 0.717) is 10.9 Å². The number of aliphatic hydroxyl groups excluding tert-OH is 1. The molecule has 0 bridgehead atoms. The van der Waals surface area contributed by atoms with E-state index in [9.17, 15) is 13.5 Å². The van der Waals surface area contributed by atoms with Crippen molar-refractivity contribution in [2.24, 2.45) is 0 Å². The first-order chi connectivity index (χ1) is 7.95. The van der Waals surface area contributed by atoms with Crippen molar-refractivity contribution >= 4 is 26.0 Å². The van der Waals surface area contributed by atoms with Crippen LogP contribution >= 0.6 is 15.9 Å². The Kier molecular flexibility index (Phi) is 5.58. The van der Waals surface area contributed by atoms with Gasteiger partial charge in [-0.3, -0.25) is 0 Å². The molecule has 0 saturated heterocycles. The van der Waals surface area contributed by atoms with Gasteiger partial charge < -0.3 is 5.11 Å². The lowest BCUT2D eigenvalue weighted by Crippen LogP contribution is -2.32. The Bertz CT molecular complexity index is 462. The van der Waals surface area contributed by atoms with Crippen LogP contribution in [-0.4, -0.2) is 26.2 Å². The number of aliphatic hydroxyl groups is 1. The summed E-state index contributed by atoms with van der Waals surface area (Å²) in [6.45, 7) is 1.98. The van der Waals surface area contributed by atoms with Crippen LogP contribution in [0, 0.1) is 0 Å². The molecular weight excluding hydrogens is 306 g/mol. The van der Waals surface area contributed by atoms with E-state index in [0.717, 1.165) is 6.42 Å². The zero-order valence-corrected chi connectivity index (χ0v) is 12.0. The molecular formula is C11H16BrNO3S. The molecule has 1 rings (SSSR count). The molecule has 1 aromatic rings. The third-order valence-electron chi connectivity index (χ3n) is 2.24. The van der Waals surface area contributed by atoms with Crippen molar-refractivity contribution in [1.29, 1.82) is 0 Å². The molecule has 0 fully saturated rings. The molecule has 0 saturated carbocycles. The Hall–Kier alpha value is -0.430. The molecule has 6 heteroatoms. The third-order valence-corrected chi connectivity index (χ3v) is 4.15. The fourth-order valence-corrected chi connectivity index (χ4v) is 3.03. The second-order valence-electron chi connectivity index (χ2n) is 3.75. The maximum absolute atomic E-state index is 11.9. The van der Waals surface area contributed by atoms with Crippen molar-refractivity contribution in [2.75, 3.05) is 6.54 Å². The monoisotopic (exact) mass is 321 g/mol. The number of sulfonamides is 1. The predicted octanol–water partition coefficient (Wildman–Crippen LogP) is 1.89. The topological polar surface area (TPSA) is 66.4 Å². The summed E-state index contributed by atoms with van der Waals surface area (Å²) in [5.41, 5.74) is 0. The molecule has 4 nitrogen and oxygen atoms in total. The van der Waals surface area contributed by atoms with Gasteiger partial charge in [-0.1, -0.05) is 35.3 Å². The fraction of sp³-hybridized carbons (Fsp3) is 0.455. The molecule has 2 N–H and O–H groups in total. The van der Waals surface area contributed by atoms with E-state index in [1.165, 1.54) is 12.1 Å². The Morgan fingerprint density at radius 2 is 2.18 bits per heavy atom. The van der Waals surface area contributed by atoms with Gasteiger partial charge in [-0.15, -0.1) is 0 Å². The zero-order valence-electron chi connectivity index (χ0n) is 9.56. The molecule has 0 heterocycles. The van der Waals surface area contributed by atoms with Crippen LogP contribution in [-0.2, 0) is 10.0 Å². The van der Waals surface area contributed by atoms with Crippen molar-refractivity contribution in [3.05, 3.63) is 28.7 Å². The highest BCUT2D eigenvalue weighted by molar-refractivity contribution is 9.10. The summed E-state index contributed by atoms with van der Waals surface area (Å²) in [7, 11) is -3.54. The third kappa shape index (κ3) is 4.75. The lowest BCUT2D eigenvalue weighted by molar-refractivity contribution is 0.167. The van der Waals surface area contributed by atoms with Crippen LogP contribution < -0.4 is 4.72 Å². The number of nitrogens with one attached hydrogen (secondary N) is 1. The second kappa shape index (κ2) is 6.49. The smallest absolute Gasteiger partial charge is 0.240 e. The number of rotatable bonds is 6. The predicted molar refractivity (Wildman–Crippen MR) is 70.2 cm³/mol. The highest BCUT2D eigenvalue weighted by atomic mass is 79.9. The summed E-state index contributed by atoms with van der Waals surface area (Å²) in [6, 6.07) is 6.44. The largest absolute Gasteiger partial charge is 0.392 e. The minimum Gasteiger partial charge on any atom is -0.392 e. The van der Waals surface area contributed by atoms with Gasteiger partial charge in [-0.25, -0.2) is 13.1 Å². The molecule has 0 radical (unpaired) electrons. The normalized spacial score (nSPS) is 13.6. The van der Waals surface area contributed by atoms with Crippen molar-refractivity contribution in [2.45, 2.75) is 30.8 Å². The van der Waals surface area contributed by atoms with E-state index in [1.807, 2.05) is 6.92 Å². The number of halogens is 1. The minimum absolute atomic E-state index is 0.0443. The van der Waals surface area contributed by atoms with Gasteiger partial charge in [0.25, 0.3) is 0 Å². The summed E-state index contributed by atoms with van der Waals surface area (Å²) < 4.78 is 26.8. The van der Waals surface area contributed by atoms with Gasteiger partial charge in [0.2, 0.25) is 10.0 Å². The van der Waals surface area contributed by atoms with E-state index in [1.54, 1.807) is 12.1 Å². The van der Waals surface area contributed by atoms with Crippen LogP contribution in [0.2, 0.25) is 0 Å². The molecule has 1 atom stereocenters. The SMILES string of the molecule is CCCC(O)CNS(=O)(=O)c1cccc(Br)c1. The van der Waals surface area contributed by atoms with Gasteiger partial charge in [-0.2, -0.15) is 0 Å². The molecule has 1 aromatic carbocycles. The molecule has 17 heavy (non-hydrogen) atoms. The average Bonchev–Trinajstić information content (AvgIpc) is 2.27. The maximum atomic E-state index is 11.9. The van der Waals surface area contributed by atoms with Gasteiger partial charge in [0.1, 0.15) is 0 Å². The lowest BCUT2D eigenvalue weighted by atomic mass is 10.2. The van der Waals surface area contributed by atoms with Crippen molar-refractivity contribution < 1.29 is 13.5 Å². The average molecular weight is 322 g/mol. The van der Waals surface area contributed by atoms with Crippen molar-refractivity contribution in [3.63, 3.8) is 0 Å². The van der Waals surface area contributed by atoms with Crippen molar-refractivity contribution in [1.82, 2.24) is 4.72 Å². The zero-order chi connectivity index (χ0) is 12.9. The van der Waals surface area contributed by atoms with Crippen LogP contribution in [0.5, 0.6) is 0 Å². The molecule has 0 aliphatic heterocycles. The molecule has 0 aliphatic carbocycles. The summed E-state index contributed by atoms with van der Waals surface area (Å²) in [6.07, 6.45) is 0.766. The van der Waals surface area contributed by atoms with E-state index in [2.05, 4.69) is 20.7 Å². The highest BCUT2D eigenvalue weighted by Gasteiger charge is 2.15. The summed E-state index contributed by atoms with van der Waals surface area (Å²) in [5, 5.41) is 9.48. The summed E-state index contributed by atoms with van der Waals surface area (Å²) in [5.74, 6) is 0. The molecule has 0 amide bonds. The van der Waals surface area contributed by atoms with E-state index < -0.39 is 16.1 Å². The molecule has 0 spiro atoms. The Balaban J connectivity index is 2.69. The van der Waals surface area contributed by atoms with Gasteiger partial charge in [0.05, 0.1) is 11.0 Å². The summed E-state index contributed by atoms with van der Waals surface area (Å²) >= 11 is 3.22. The van der Waals surface area contributed by atoms with Crippen LogP contribution in [0.4, 0.5) is 0 Å². The summed E-state index contributed by atoms with van der Waals surface area (Å²) in [4.78, 5) is 0.190. The standard InChI is InChI=1S/C11H16BrNO3S/c1-2-4-10(14)8-13-17(15,16)11-6-3-5-9(12)7-11/h3,5-7,10,13-14H,2,4,8H2,1H3. The number of hydrogen-bond acceptors (Lipinski definition) is 3. The first-order valence-corrected chi connectivity index (χ1v) is 7.66. The van der Waals surface area contributed by atoms with Crippen molar-refractivity contribution in [3.8, 4) is 0 Å². The second-order valence-corrected chi connectivity index (χ2v) is 6.43. The highest BCUT2D eigenvalue weighted by Crippen LogP contribution is 2.15. The molecule has 96 valence electrons. The molecule has 0 aromatic heterocycles. The van der Waals surface area contributed by atoms with Crippen LogP contribution in [0.15, 0.2) is 33.6 Å². The Morgan fingerprint density at radius 1 is 1.47 bits per heavy atom. The maximum Gasteiger partial charge on any atom is 0.240 e.